The van der Waals surface area contributed by atoms with Crippen molar-refractivity contribution < 1.29 is 4.74 Å². The molecule has 1 aromatic heterocycles. The number of hydrogen-bond acceptors (Lipinski definition) is 3. The van der Waals surface area contributed by atoms with Crippen LogP contribution in [0.1, 0.15) is 45.9 Å². The molecule has 1 aliphatic rings. The van der Waals surface area contributed by atoms with Crippen molar-refractivity contribution in [3.8, 4) is 0 Å². The normalized spacial score (nSPS) is 28.2. The van der Waals surface area contributed by atoms with Gasteiger partial charge in [0.2, 0.25) is 0 Å². The van der Waals surface area contributed by atoms with Gasteiger partial charge in [-0.3, -0.25) is 4.68 Å². The molecular weight excluding hydrogens is 214 g/mol. The molecule has 4 nitrogen and oxygen atoms in total. The van der Waals surface area contributed by atoms with Gasteiger partial charge in [-0.15, -0.1) is 0 Å². The molecule has 2 atom stereocenters. The minimum atomic E-state index is -0.194. The van der Waals surface area contributed by atoms with Gasteiger partial charge in [-0.2, -0.15) is 5.10 Å². The highest BCUT2D eigenvalue weighted by atomic mass is 16.5. The van der Waals surface area contributed by atoms with Crippen LogP contribution in [-0.2, 0) is 11.8 Å². The van der Waals surface area contributed by atoms with Gasteiger partial charge in [-0.05, 0) is 40.2 Å². The molecular formula is C13H23N3O. The van der Waals surface area contributed by atoms with Crippen LogP contribution in [0.25, 0.3) is 0 Å². The summed E-state index contributed by atoms with van der Waals surface area (Å²) in [4.78, 5) is 0. The molecule has 0 aliphatic carbocycles. The van der Waals surface area contributed by atoms with Gasteiger partial charge in [0, 0.05) is 19.2 Å². The van der Waals surface area contributed by atoms with E-state index in [4.69, 9.17) is 10.5 Å². The Hall–Kier alpha value is -0.870. The maximum Gasteiger partial charge on any atom is 0.0795 e. The Morgan fingerprint density at radius 2 is 2.12 bits per heavy atom. The van der Waals surface area contributed by atoms with E-state index in [2.05, 4.69) is 32.8 Å². The zero-order chi connectivity index (χ0) is 12.8. The van der Waals surface area contributed by atoms with Crippen molar-refractivity contribution in [1.82, 2.24) is 9.78 Å². The Kier molecular flexibility index (Phi) is 2.83. The summed E-state index contributed by atoms with van der Waals surface area (Å²) in [6.07, 6.45) is 2.90. The van der Waals surface area contributed by atoms with E-state index in [1.165, 1.54) is 0 Å². The molecule has 0 radical (unpaired) electrons. The minimum Gasteiger partial charge on any atom is -0.369 e. The first-order valence-corrected chi connectivity index (χ1v) is 6.17. The molecule has 2 N–H and O–H groups in total. The molecule has 0 spiro atoms. The summed E-state index contributed by atoms with van der Waals surface area (Å²) in [6, 6.07) is 1.93. The fourth-order valence-electron chi connectivity index (χ4n) is 2.98. The van der Waals surface area contributed by atoms with E-state index < -0.39 is 0 Å². The predicted octanol–water partition coefficient (Wildman–Crippen LogP) is 2.01. The Labute approximate surface area is 103 Å². The zero-order valence-corrected chi connectivity index (χ0v) is 11.4. The van der Waals surface area contributed by atoms with Crippen LogP contribution in [0.15, 0.2) is 12.3 Å². The van der Waals surface area contributed by atoms with Crippen LogP contribution >= 0.6 is 0 Å². The fraction of sp³-hybridized carbons (Fsp3) is 0.769. The van der Waals surface area contributed by atoms with Crippen LogP contribution in [0.3, 0.4) is 0 Å². The Bertz CT molecular complexity index is 409. The summed E-state index contributed by atoms with van der Waals surface area (Å²) in [6.45, 7) is 8.49. The van der Waals surface area contributed by atoms with E-state index in [-0.39, 0.29) is 17.2 Å². The van der Waals surface area contributed by atoms with Gasteiger partial charge in [0.05, 0.1) is 22.9 Å². The molecule has 2 unspecified atom stereocenters. The third-order valence-electron chi connectivity index (χ3n) is 3.65. The minimum absolute atomic E-state index is 0.0621. The molecule has 1 aliphatic heterocycles. The van der Waals surface area contributed by atoms with Crippen molar-refractivity contribution >= 4 is 0 Å². The first kappa shape index (κ1) is 12.6. The number of ether oxygens (including phenoxy) is 1. The lowest BCUT2D eigenvalue weighted by molar-refractivity contribution is -0.0768. The summed E-state index contributed by atoms with van der Waals surface area (Å²) in [5.41, 5.74) is 7.01. The largest absolute Gasteiger partial charge is 0.369 e. The van der Waals surface area contributed by atoms with Crippen molar-refractivity contribution in [2.45, 2.75) is 51.4 Å². The van der Waals surface area contributed by atoms with Gasteiger partial charge in [0.15, 0.2) is 0 Å². The topological polar surface area (TPSA) is 53.1 Å². The summed E-state index contributed by atoms with van der Waals surface area (Å²) >= 11 is 0. The van der Waals surface area contributed by atoms with E-state index in [9.17, 15) is 0 Å². The maximum absolute atomic E-state index is 6.35. The van der Waals surface area contributed by atoms with Gasteiger partial charge < -0.3 is 10.5 Å². The van der Waals surface area contributed by atoms with Gasteiger partial charge in [0.25, 0.3) is 0 Å². The maximum atomic E-state index is 6.35. The Balaban J connectivity index is 2.23. The molecule has 17 heavy (non-hydrogen) atoms. The predicted molar refractivity (Wildman–Crippen MR) is 67.5 cm³/mol. The smallest absolute Gasteiger partial charge is 0.0795 e. The molecule has 0 amide bonds. The van der Waals surface area contributed by atoms with Crippen LogP contribution in [-0.4, -0.2) is 21.0 Å². The SMILES string of the molecule is Cn1ccc(C(N)C2CC(C)(C)OC2(C)C)n1. The number of aromatic nitrogens is 2. The monoisotopic (exact) mass is 237 g/mol. The average molecular weight is 237 g/mol. The lowest BCUT2D eigenvalue weighted by Crippen LogP contribution is -2.36. The van der Waals surface area contributed by atoms with Crippen LogP contribution in [0.4, 0.5) is 0 Å². The molecule has 1 saturated heterocycles. The van der Waals surface area contributed by atoms with Crippen LogP contribution in [0.2, 0.25) is 0 Å². The van der Waals surface area contributed by atoms with Gasteiger partial charge >= 0.3 is 0 Å². The highest BCUT2D eigenvalue weighted by Gasteiger charge is 2.48. The fourth-order valence-corrected chi connectivity index (χ4v) is 2.98. The summed E-state index contributed by atoms with van der Waals surface area (Å²) in [5, 5.41) is 4.40. The number of hydrogen-bond donors (Lipinski definition) is 1. The third-order valence-corrected chi connectivity index (χ3v) is 3.65. The van der Waals surface area contributed by atoms with Crippen LogP contribution in [0, 0.1) is 5.92 Å². The molecule has 2 heterocycles. The van der Waals surface area contributed by atoms with E-state index in [0.29, 0.717) is 5.92 Å². The highest BCUT2D eigenvalue weighted by Crippen LogP contribution is 2.46. The van der Waals surface area contributed by atoms with E-state index >= 15 is 0 Å². The molecule has 0 aromatic carbocycles. The second kappa shape index (κ2) is 3.82. The molecule has 1 aromatic rings. The van der Waals surface area contributed by atoms with Gasteiger partial charge in [-0.25, -0.2) is 0 Å². The molecule has 96 valence electrons. The van der Waals surface area contributed by atoms with E-state index in [1.807, 2.05) is 19.3 Å². The van der Waals surface area contributed by atoms with Crippen LogP contribution < -0.4 is 5.73 Å². The van der Waals surface area contributed by atoms with E-state index in [0.717, 1.165) is 12.1 Å². The summed E-state index contributed by atoms with van der Waals surface area (Å²) in [7, 11) is 1.91. The number of rotatable bonds is 2. The van der Waals surface area contributed by atoms with Crippen molar-refractivity contribution in [3.05, 3.63) is 18.0 Å². The third kappa shape index (κ3) is 2.38. The van der Waals surface area contributed by atoms with Crippen molar-refractivity contribution in [2.75, 3.05) is 0 Å². The highest BCUT2D eigenvalue weighted by molar-refractivity contribution is 5.11. The average Bonchev–Trinajstić information content (AvgIpc) is 2.66. The zero-order valence-electron chi connectivity index (χ0n) is 11.4. The number of nitrogens with zero attached hydrogens (tertiary/aromatic N) is 2. The number of aryl methyl sites for hydroxylation is 1. The lowest BCUT2D eigenvalue weighted by Gasteiger charge is -2.30. The molecule has 4 heteroatoms. The van der Waals surface area contributed by atoms with Gasteiger partial charge in [0.1, 0.15) is 0 Å². The van der Waals surface area contributed by atoms with Crippen molar-refractivity contribution in [1.29, 1.82) is 0 Å². The molecule has 1 fully saturated rings. The lowest BCUT2D eigenvalue weighted by atomic mass is 9.81. The Morgan fingerprint density at radius 3 is 2.53 bits per heavy atom. The van der Waals surface area contributed by atoms with Gasteiger partial charge in [-0.1, -0.05) is 0 Å². The van der Waals surface area contributed by atoms with Crippen molar-refractivity contribution in [2.24, 2.45) is 18.7 Å². The molecule has 0 saturated carbocycles. The number of nitrogens with two attached hydrogens (primary N) is 1. The molecule has 2 rings (SSSR count). The Morgan fingerprint density at radius 1 is 1.47 bits per heavy atom. The summed E-state index contributed by atoms with van der Waals surface area (Å²) < 4.78 is 7.88. The van der Waals surface area contributed by atoms with Crippen molar-refractivity contribution in [3.63, 3.8) is 0 Å². The second-order valence-electron chi connectivity index (χ2n) is 6.22. The second-order valence-corrected chi connectivity index (χ2v) is 6.22. The van der Waals surface area contributed by atoms with E-state index in [1.54, 1.807) is 4.68 Å². The first-order valence-electron chi connectivity index (χ1n) is 6.17. The molecule has 0 bridgehead atoms. The summed E-state index contributed by atoms with van der Waals surface area (Å²) in [5.74, 6) is 0.299. The quantitative estimate of drug-likeness (QED) is 0.856. The van der Waals surface area contributed by atoms with Crippen LogP contribution in [0.5, 0.6) is 0 Å². The standard InChI is InChI=1S/C13H23N3O/c1-12(2)8-9(13(3,4)17-12)11(14)10-6-7-16(5)15-10/h6-7,9,11H,8,14H2,1-5H3. The first-order chi connectivity index (χ1) is 7.71.